The molecule has 1 aliphatic rings. The quantitative estimate of drug-likeness (QED) is 0.519. The first-order valence-corrected chi connectivity index (χ1v) is 11.0. The summed E-state index contributed by atoms with van der Waals surface area (Å²) in [5.41, 5.74) is -0.257. The number of rotatable bonds is 8. The van der Waals surface area contributed by atoms with Crippen molar-refractivity contribution in [3.8, 4) is 11.5 Å². The zero-order valence-corrected chi connectivity index (χ0v) is 19.6. The number of hydrogen-bond donors (Lipinski definition) is 0. The van der Waals surface area contributed by atoms with Crippen LogP contribution in [0.1, 0.15) is 54.4 Å². The third-order valence-corrected chi connectivity index (χ3v) is 7.38. The van der Waals surface area contributed by atoms with Gasteiger partial charge >= 0.3 is 0 Å². The van der Waals surface area contributed by atoms with Crippen molar-refractivity contribution in [2.45, 2.75) is 79.5 Å². The lowest BCUT2D eigenvalue weighted by Crippen LogP contribution is -2.28. The molecule has 0 fully saturated rings. The summed E-state index contributed by atoms with van der Waals surface area (Å²) in [5, 5.41) is 0. The summed E-state index contributed by atoms with van der Waals surface area (Å²) >= 11 is 3.80. The molecular formula is C21H34O4S2. The first kappa shape index (κ1) is 22.7. The molecule has 1 aromatic carbocycles. The van der Waals surface area contributed by atoms with Crippen LogP contribution in [0.15, 0.2) is 21.9 Å². The summed E-state index contributed by atoms with van der Waals surface area (Å²) in [4.78, 5) is 2.48. The van der Waals surface area contributed by atoms with Crippen molar-refractivity contribution in [3.63, 3.8) is 0 Å². The van der Waals surface area contributed by atoms with Crippen molar-refractivity contribution in [2.75, 3.05) is 27.4 Å². The Hall–Kier alpha value is -0.560. The van der Waals surface area contributed by atoms with Gasteiger partial charge in [-0.05, 0) is 66.5 Å². The molecular weight excluding hydrogens is 380 g/mol. The first-order valence-electron chi connectivity index (χ1n) is 9.39. The van der Waals surface area contributed by atoms with Crippen LogP contribution in [-0.4, -0.2) is 42.7 Å². The van der Waals surface area contributed by atoms with Crippen LogP contribution in [0.3, 0.4) is 0 Å². The maximum absolute atomic E-state index is 6.04. The highest BCUT2D eigenvalue weighted by molar-refractivity contribution is 8.20. The molecule has 0 aliphatic carbocycles. The minimum absolute atomic E-state index is 0.00376. The van der Waals surface area contributed by atoms with E-state index in [9.17, 15) is 0 Å². The van der Waals surface area contributed by atoms with Crippen LogP contribution in [0.4, 0.5) is 0 Å². The largest absolute Gasteiger partial charge is 0.493 e. The predicted octanol–water partition coefficient (Wildman–Crippen LogP) is 6.01. The van der Waals surface area contributed by atoms with E-state index in [0.29, 0.717) is 0 Å². The van der Waals surface area contributed by atoms with Crippen molar-refractivity contribution in [2.24, 2.45) is 0 Å². The minimum Gasteiger partial charge on any atom is -0.493 e. The number of hydrogen-bond acceptors (Lipinski definition) is 6. The van der Waals surface area contributed by atoms with Crippen LogP contribution >= 0.6 is 23.5 Å². The van der Waals surface area contributed by atoms with Gasteiger partial charge in [0.05, 0.1) is 29.5 Å². The van der Waals surface area contributed by atoms with Gasteiger partial charge in [0, 0.05) is 23.0 Å². The molecule has 0 saturated carbocycles. The molecule has 6 heteroatoms. The third-order valence-electron chi connectivity index (χ3n) is 4.08. The van der Waals surface area contributed by atoms with Gasteiger partial charge in [-0.15, -0.1) is 23.5 Å². The summed E-state index contributed by atoms with van der Waals surface area (Å²) < 4.78 is 23.0. The number of benzene rings is 1. The summed E-state index contributed by atoms with van der Waals surface area (Å²) in [6.45, 7) is 14.0. The molecule has 0 bridgehead atoms. The Labute approximate surface area is 173 Å². The Bertz CT molecular complexity index is 577. The van der Waals surface area contributed by atoms with E-state index in [1.807, 2.05) is 23.5 Å². The Morgan fingerprint density at radius 2 is 1.11 bits per heavy atom. The monoisotopic (exact) mass is 414 g/mol. The molecule has 0 unspecified atom stereocenters. The molecule has 4 nitrogen and oxygen atoms in total. The van der Waals surface area contributed by atoms with Crippen molar-refractivity contribution in [3.05, 3.63) is 12.1 Å². The maximum Gasteiger partial charge on any atom is 0.161 e. The summed E-state index contributed by atoms with van der Waals surface area (Å²) in [6.07, 6.45) is 1.90. The van der Waals surface area contributed by atoms with Crippen LogP contribution < -0.4 is 9.47 Å². The molecule has 0 spiro atoms. The molecule has 154 valence electrons. The predicted molar refractivity (Wildman–Crippen MR) is 115 cm³/mol. The van der Waals surface area contributed by atoms with Crippen LogP contribution in [0.25, 0.3) is 0 Å². The fourth-order valence-electron chi connectivity index (χ4n) is 2.78. The normalized spacial score (nSPS) is 16.3. The molecule has 1 aliphatic heterocycles. The highest BCUT2D eigenvalue weighted by Gasteiger charge is 2.40. The van der Waals surface area contributed by atoms with Crippen molar-refractivity contribution >= 4 is 23.5 Å². The highest BCUT2D eigenvalue weighted by Crippen LogP contribution is 2.61. The van der Waals surface area contributed by atoms with Gasteiger partial charge in [-0.25, -0.2) is 0 Å². The minimum atomic E-state index is -0.129. The second kappa shape index (κ2) is 8.85. The molecule has 1 aromatic rings. The Morgan fingerprint density at radius 3 is 1.41 bits per heavy atom. The summed E-state index contributed by atoms with van der Waals surface area (Å²) in [6, 6.07) is 4.17. The van der Waals surface area contributed by atoms with E-state index in [0.717, 1.165) is 37.6 Å². The maximum atomic E-state index is 6.04. The van der Waals surface area contributed by atoms with Gasteiger partial charge in [-0.2, -0.15) is 0 Å². The number of fused-ring (bicyclic) bond motifs is 1. The second-order valence-corrected chi connectivity index (χ2v) is 11.8. The van der Waals surface area contributed by atoms with E-state index >= 15 is 0 Å². The van der Waals surface area contributed by atoms with Gasteiger partial charge in [-0.1, -0.05) is 0 Å². The van der Waals surface area contributed by atoms with Crippen LogP contribution in [0.2, 0.25) is 0 Å². The van der Waals surface area contributed by atoms with E-state index in [4.69, 9.17) is 18.9 Å². The van der Waals surface area contributed by atoms with Crippen LogP contribution in [0, 0.1) is 0 Å². The van der Waals surface area contributed by atoms with Gasteiger partial charge in [0.15, 0.2) is 11.5 Å². The number of ether oxygens (including phenoxy) is 4. The molecule has 0 saturated heterocycles. The van der Waals surface area contributed by atoms with Crippen LogP contribution in [0.5, 0.6) is 11.5 Å². The Morgan fingerprint density at radius 1 is 0.741 bits per heavy atom. The number of methoxy groups -OCH3 is 2. The molecule has 0 atom stereocenters. The summed E-state index contributed by atoms with van der Waals surface area (Å²) in [7, 11) is 3.36. The molecule has 2 rings (SSSR count). The van der Waals surface area contributed by atoms with Gasteiger partial charge in [-0.3, -0.25) is 0 Å². The van der Waals surface area contributed by atoms with Crippen molar-refractivity contribution < 1.29 is 18.9 Å². The van der Waals surface area contributed by atoms with Crippen molar-refractivity contribution in [1.82, 2.24) is 0 Å². The third kappa shape index (κ3) is 6.77. The molecule has 27 heavy (non-hydrogen) atoms. The first-order chi connectivity index (χ1) is 12.5. The van der Waals surface area contributed by atoms with E-state index in [2.05, 4.69) is 53.7 Å². The molecule has 0 aromatic heterocycles. The van der Waals surface area contributed by atoms with E-state index in [1.165, 1.54) is 9.79 Å². The standard InChI is InChI=1S/C21H34O4S2/c1-19(2,3)24-11-9-21(10-12-25-20(4,5)6)26-17-13-15(22-7)16(23-8)14-18(17)27-21/h13-14H,9-12H2,1-8H3. The SMILES string of the molecule is COc1cc2c(cc1OC)SC(CCOC(C)(C)C)(CCOC(C)(C)C)S2. The lowest BCUT2D eigenvalue weighted by molar-refractivity contribution is -0.0141. The average Bonchev–Trinajstić information content (AvgIpc) is 2.88. The number of thioether (sulfide) groups is 2. The van der Waals surface area contributed by atoms with E-state index < -0.39 is 0 Å². The zero-order chi connectivity index (χ0) is 20.3. The van der Waals surface area contributed by atoms with E-state index in [1.54, 1.807) is 14.2 Å². The van der Waals surface area contributed by atoms with Gasteiger partial charge in [0.1, 0.15) is 0 Å². The lowest BCUT2D eigenvalue weighted by atomic mass is 10.1. The van der Waals surface area contributed by atoms with Crippen molar-refractivity contribution in [1.29, 1.82) is 0 Å². The molecule has 0 N–H and O–H groups in total. The second-order valence-electron chi connectivity index (χ2n) is 8.69. The smallest absolute Gasteiger partial charge is 0.161 e. The molecule has 1 heterocycles. The summed E-state index contributed by atoms with van der Waals surface area (Å²) in [5.74, 6) is 1.55. The lowest BCUT2D eigenvalue weighted by Gasteiger charge is -2.30. The Balaban J connectivity index is 2.17. The Kier molecular flexibility index (Phi) is 7.45. The van der Waals surface area contributed by atoms with Crippen LogP contribution in [-0.2, 0) is 9.47 Å². The van der Waals surface area contributed by atoms with Gasteiger partial charge in [0.25, 0.3) is 0 Å². The average molecular weight is 415 g/mol. The van der Waals surface area contributed by atoms with Gasteiger partial charge in [0.2, 0.25) is 0 Å². The zero-order valence-electron chi connectivity index (χ0n) is 17.9. The topological polar surface area (TPSA) is 36.9 Å². The molecule has 0 radical (unpaired) electrons. The fraction of sp³-hybridized carbons (Fsp3) is 0.714. The van der Waals surface area contributed by atoms with E-state index in [-0.39, 0.29) is 15.3 Å². The highest BCUT2D eigenvalue weighted by atomic mass is 32.2. The fourth-order valence-corrected chi connectivity index (χ4v) is 5.93. The molecule has 0 amide bonds. The van der Waals surface area contributed by atoms with Gasteiger partial charge < -0.3 is 18.9 Å².